The molecule has 0 bridgehead atoms. The third kappa shape index (κ3) is 8.00. The van der Waals surface area contributed by atoms with E-state index in [-0.39, 0.29) is 31.7 Å². The van der Waals surface area contributed by atoms with E-state index in [1.807, 2.05) is 6.07 Å². The van der Waals surface area contributed by atoms with E-state index >= 15 is 0 Å². The minimum Gasteiger partial charge on any atom is -0.484 e. The second-order valence-corrected chi connectivity index (χ2v) is 6.30. The summed E-state index contributed by atoms with van der Waals surface area (Å²) in [5.41, 5.74) is 0. The molecule has 1 fully saturated rings. The van der Waals surface area contributed by atoms with Crippen molar-refractivity contribution in [1.82, 2.24) is 10.6 Å². The Morgan fingerprint density at radius 3 is 2.31 bits per heavy atom. The fourth-order valence-electron chi connectivity index (χ4n) is 2.78. The lowest BCUT2D eigenvalue weighted by molar-refractivity contribution is -0.148. The van der Waals surface area contributed by atoms with Crippen LogP contribution < -0.4 is 15.4 Å². The van der Waals surface area contributed by atoms with E-state index in [2.05, 4.69) is 10.6 Å². The van der Waals surface area contributed by atoms with Gasteiger partial charge in [0.25, 0.3) is 11.8 Å². The number of amides is 2. The van der Waals surface area contributed by atoms with Crippen LogP contribution in [0.2, 0.25) is 0 Å². The molecule has 0 saturated heterocycles. The van der Waals surface area contributed by atoms with Crippen LogP contribution in [0, 0.1) is 0 Å². The van der Waals surface area contributed by atoms with E-state index in [1.54, 1.807) is 24.3 Å². The van der Waals surface area contributed by atoms with Gasteiger partial charge in [0.2, 0.25) is 0 Å². The molecule has 7 nitrogen and oxygen atoms in total. The molecule has 2 rings (SSSR count). The Kier molecular flexibility index (Phi) is 8.45. The topological polar surface area (TPSA) is 93.7 Å². The average Bonchev–Trinajstić information content (AvgIpc) is 2.92. The van der Waals surface area contributed by atoms with Crippen LogP contribution >= 0.6 is 0 Å². The number of carbonyl (C=O) groups excluding carboxylic acids is 3. The molecule has 0 spiro atoms. The van der Waals surface area contributed by atoms with Gasteiger partial charge in [-0.25, -0.2) is 0 Å². The van der Waals surface area contributed by atoms with E-state index < -0.39 is 11.9 Å². The minimum absolute atomic E-state index is 0.165. The lowest BCUT2D eigenvalue weighted by Gasteiger charge is -2.16. The lowest BCUT2D eigenvalue weighted by atomic mass is 10.1. The summed E-state index contributed by atoms with van der Waals surface area (Å²) in [6.07, 6.45) is 6.57. The first-order valence-corrected chi connectivity index (χ1v) is 9.03. The largest absolute Gasteiger partial charge is 0.484 e. The number of para-hydroxylation sites is 1. The molecule has 26 heavy (non-hydrogen) atoms. The Labute approximate surface area is 153 Å². The zero-order chi connectivity index (χ0) is 18.6. The van der Waals surface area contributed by atoms with Gasteiger partial charge in [-0.15, -0.1) is 0 Å². The van der Waals surface area contributed by atoms with Crippen LogP contribution in [0.15, 0.2) is 30.3 Å². The lowest BCUT2D eigenvalue weighted by Crippen LogP contribution is -2.39. The van der Waals surface area contributed by atoms with Gasteiger partial charge in [-0.3, -0.25) is 14.4 Å². The Balaban J connectivity index is 1.56. The smallest absolute Gasteiger partial charge is 0.325 e. The summed E-state index contributed by atoms with van der Waals surface area (Å²) < 4.78 is 10.1. The molecule has 0 aromatic heterocycles. The number of esters is 1. The number of hydrogen-bond donors (Lipinski definition) is 2. The van der Waals surface area contributed by atoms with Gasteiger partial charge < -0.3 is 20.1 Å². The molecule has 0 atom stereocenters. The number of rotatable bonds is 8. The Bertz CT molecular complexity index is 583. The van der Waals surface area contributed by atoms with Gasteiger partial charge in [0.1, 0.15) is 12.3 Å². The second kappa shape index (κ2) is 11.1. The Hall–Kier alpha value is -2.57. The number of ether oxygens (including phenoxy) is 2. The maximum atomic E-state index is 11.8. The highest BCUT2D eigenvalue weighted by molar-refractivity contribution is 5.84. The standard InChI is InChI=1S/C19H26N2O5/c22-17(13-25-16-10-6-3-7-11-16)20-12-19(24)26-14-18(23)21-15-8-4-1-2-5-9-15/h3,6-7,10-11,15H,1-2,4-5,8-9,12-14H2,(H,20,22)(H,21,23). The van der Waals surface area contributed by atoms with Gasteiger partial charge in [0.05, 0.1) is 0 Å². The van der Waals surface area contributed by atoms with Gasteiger partial charge in [-0.1, -0.05) is 43.9 Å². The van der Waals surface area contributed by atoms with Crippen LogP contribution in [0.4, 0.5) is 0 Å². The maximum absolute atomic E-state index is 11.8. The Morgan fingerprint density at radius 2 is 1.62 bits per heavy atom. The second-order valence-electron chi connectivity index (χ2n) is 6.30. The number of hydrogen-bond acceptors (Lipinski definition) is 5. The third-order valence-corrected chi connectivity index (χ3v) is 4.13. The van der Waals surface area contributed by atoms with Crippen molar-refractivity contribution >= 4 is 17.8 Å². The molecular formula is C19H26N2O5. The molecule has 1 aliphatic carbocycles. The highest BCUT2D eigenvalue weighted by Gasteiger charge is 2.16. The van der Waals surface area contributed by atoms with E-state index in [0.717, 1.165) is 25.7 Å². The Morgan fingerprint density at radius 1 is 0.923 bits per heavy atom. The fourth-order valence-corrected chi connectivity index (χ4v) is 2.78. The molecule has 2 N–H and O–H groups in total. The molecule has 1 aromatic rings. The maximum Gasteiger partial charge on any atom is 0.325 e. The summed E-state index contributed by atoms with van der Waals surface area (Å²) in [7, 11) is 0. The summed E-state index contributed by atoms with van der Waals surface area (Å²) in [4.78, 5) is 35.1. The van der Waals surface area contributed by atoms with Crippen LogP contribution in [0.3, 0.4) is 0 Å². The summed E-state index contributed by atoms with van der Waals surface area (Å²) in [5.74, 6) is -0.827. The number of benzene rings is 1. The van der Waals surface area contributed by atoms with Crippen molar-refractivity contribution in [2.24, 2.45) is 0 Å². The molecule has 7 heteroatoms. The molecule has 1 aromatic carbocycles. The quantitative estimate of drug-likeness (QED) is 0.541. The van der Waals surface area contributed by atoms with Crippen LogP contribution in [0.1, 0.15) is 38.5 Å². The predicted octanol–water partition coefficient (Wildman–Crippen LogP) is 1.56. The first-order chi connectivity index (χ1) is 12.6. The highest BCUT2D eigenvalue weighted by atomic mass is 16.5. The van der Waals surface area contributed by atoms with Gasteiger partial charge in [-0.2, -0.15) is 0 Å². The van der Waals surface area contributed by atoms with Gasteiger partial charge in [0.15, 0.2) is 13.2 Å². The average molecular weight is 362 g/mol. The van der Waals surface area contributed by atoms with Crippen molar-refractivity contribution in [3.8, 4) is 5.75 Å². The first kappa shape index (κ1) is 19.8. The van der Waals surface area contributed by atoms with Crippen molar-refractivity contribution in [2.75, 3.05) is 19.8 Å². The predicted molar refractivity (Wildman–Crippen MR) is 95.5 cm³/mol. The molecule has 0 radical (unpaired) electrons. The molecule has 2 amide bonds. The number of nitrogens with one attached hydrogen (secondary N) is 2. The zero-order valence-electron chi connectivity index (χ0n) is 14.9. The molecule has 0 heterocycles. The summed E-state index contributed by atoms with van der Waals surface area (Å²) in [6, 6.07) is 9.06. The summed E-state index contributed by atoms with van der Waals surface area (Å²) in [6.45, 7) is -0.821. The van der Waals surface area contributed by atoms with Gasteiger partial charge in [-0.05, 0) is 25.0 Å². The molecule has 0 aliphatic heterocycles. The third-order valence-electron chi connectivity index (χ3n) is 4.13. The van der Waals surface area contributed by atoms with E-state index in [9.17, 15) is 14.4 Å². The summed E-state index contributed by atoms with van der Waals surface area (Å²) in [5, 5.41) is 5.29. The molecule has 0 unspecified atom stereocenters. The molecular weight excluding hydrogens is 336 g/mol. The van der Waals surface area contributed by atoms with Crippen molar-refractivity contribution in [2.45, 2.75) is 44.6 Å². The molecule has 1 saturated carbocycles. The van der Waals surface area contributed by atoms with Crippen LogP contribution in [0.25, 0.3) is 0 Å². The van der Waals surface area contributed by atoms with Crippen molar-refractivity contribution < 1.29 is 23.9 Å². The zero-order valence-corrected chi connectivity index (χ0v) is 14.9. The van der Waals surface area contributed by atoms with Crippen molar-refractivity contribution in [3.63, 3.8) is 0 Å². The minimum atomic E-state index is -0.658. The van der Waals surface area contributed by atoms with Crippen molar-refractivity contribution in [1.29, 1.82) is 0 Å². The monoisotopic (exact) mass is 362 g/mol. The fraction of sp³-hybridized carbons (Fsp3) is 0.526. The van der Waals surface area contributed by atoms with Crippen LogP contribution in [-0.4, -0.2) is 43.6 Å². The molecule has 142 valence electrons. The van der Waals surface area contributed by atoms with Gasteiger partial charge >= 0.3 is 5.97 Å². The van der Waals surface area contributed by atoms with Crippen molar-refractivity contribution in [3.05, 3.63) is 30.3 Å². The van der Waals surface area contributed by atoms with Crippen LogP contribution in [-0.2, 0) is 19.1 Å². The SMILES string of the molecule is O=C(COc1ccccc1)NCC(=O)OCC(=O)NC1CCCCCC1. The van der Waals surface area contributed by atoms with E-state index in [4.69, 9.17) is 9.47 Å². The van der Waals surface area contributed by atoms with E-state index in [1.165, 1.54) is 12.8 Å². The van der Waals surface area contributed by atoms with E-state index in [0.29, 0.717) is 5.75 Å². The highest BCUT2D eigenvalue weighted by Crippen LogP contribution is 2.17. The number of carbonyl (C=O) groups is 3. The van der Waals surface area contributed by atoms with Gasteiger partial charge in [0, 0.05) is 6.04 Å². The first-order valence-electron chi connectivity index (χ1n) is 9.03. The summed E-state index contributed by atoms with van der Waals surface area (Å²) >= 11 is 0. The normalized spacial score (nSPS) is 14.8. The molecule has 1 aliphatic rings. The van der Waals surface area contributed by atoms with Crippen LogP contribution in [0.5, 0.6) is 5.75 Å².